The normalized spacial score (nSPS) is 15.6. The zero-order valence-electron chi connectivity index (χ0n) is 14.7. The van der Waals surface area contributed by atoms with Crippen LogP contribution in [0.4, 0.5) is 0 Å². The summed E-state index contributed by atoms with van der Waals surface area (Å²) in [6.07, 6.45) is 8.05. The lowest BCUT2D eigenvalue weighted by Gasteiger charge is -2.23. The van der Waals surface area contributed by atoms with Gasteiger partial charge in [-0.3, -0.25) is 4.98 Å². The fraction of sp³-hybridized carbons (Fsp3) is 0.286. The Labute approximate surface area is 153 Å². The van der Waals surface area contributed by atoms with E-state index in [1.165, 1.54) is 33.3 Å². The Morgan fingerprint density at radius 2 is 2.04 bits per heavy atom. The summed E-state index contributed by atoms with van der Waals surface area (Å²) in [5.41, 5.74) is 6.61. The van der Waals surface area contributed by atoms with E-state index in [2.05, 4.69) is 58.9 Å². The van der Waals surface area contributed by atoms with Crippen LogP contribution in [0.15, 0.2) is 42.7 Å². The maximum atomic E-state index is 6.29. The molecule has 0 bridgehead atoms. The molecule has 0 saturated heterocycles. The van der Waals surface area contributed by atoms with Gasteiger partial charge in [0.05, 0.1) is 5.52 Å². The van der Waals surface area contributed by atoms with Crippen LogP contribution in [0.25, 0.3) is 22.7 Å². The van der Waals surface area contributed by atoms with Crippen molar-refractivity contribution in [1.29, 1.82) is 0 Å². The number of hydrogen-bond acceptors (Lipinski definition) is 2. The third-order valence-corrected chi connectivity index (χ3v) is 5.29. The fourth-order valence-corrected chi connectivity index (χ4v) is 3.91. The van der Waals surface area contributed by atoms with Gasteiger partial charge in [-0.05, 0) is 60.5 Å². The largest absolute Gasteiger partial charge is 0.320 e. The van der Waals surface area contributed by atoms with E-state index in [1.54, 1.807) is 0 Å². The predicted octanol–water partition coefficient (Wildman–Crippen LogP) is 5.09. The highest BCUT2D eigenvalue weighted by molar-refractivity contribution is 6.31. The quantitative estimate of drug-likeness (QED) is 0.655. The van der Waals surface area contributed by atoms with Crippen LogP contribution < -0.4 is 0 Å². The van der Waals surface area contributed by atoms with Crippen LogP contribution in [0.5, 0.6) is 0 Å². The molecule has 4 heteroatoms. The van der Waals surface area contributed by atoms with E-state index < -0.39 is 0 Å². The van der Waals surface area contributed by atoms with Crippen molar-refractivity contribution in [2.24, 2.45) is 0 Å². The number of aromatic nitrogens is 2. The predicted molar refractivity (Wildman–Crippen MR) is 106 cm³/mol. The summed E-state index contributed by atoms with van der Waals surface area (Å²) in [6, 6.07) is 10.4. The molecule has 0 fully saturated rings. The molecule has 3 nitrogen and oxygen atoms in total. The molecule has 0 spiro atoms. The molecule has 0 atom stereocenters. The van der Waals surface area contributed by atoms with E-state index in [4.69, 9.17) is 11.6 Å². The molecular weight excluding hydrogens is 330 g/mol. The van der Waals surface area contributed by atoms with Gasteiger partial charge in [-0.1, -0.05) is 18.5 Å². The van der Waals surface area contributed by atoms with Crippen molar-refractivity contribution in [2.45, 2.75) is 26.3 Å². The number of halogens is 1. The lowest BCUT2D eigenvalue weighted by molar-refractivity contribution is 0.312. The molecule has 0 saturated carbocycles. The van der Waals surface area contributed by atoms with Crippen molar-refractivity contribution in [3.63, 3.8) is 0 Å². The van der Waals surface area contributed by atoms with Crippen molar-refractivity contribution < 1.29 is 0 Å². The van der Waals surface area contributed by atoms with E-state index >= 15 is 0 Å². The molecule has 3 heterocycles. The number of rotatable bonds is 3. The average Bonchev–Trinajstić information content (AvgIpc) is 2.92. The molecule has 4 rings (SSSR count). The number of hydrogen-bond donors (Lipinski definition) is 0. The topological polar surface area (TPSA) is 21.1 Å². The first kappa shape index (κ1) is 16.4. The Bertz CT molecular complexity index is 941. The number of allylic oxidation sites excluding steroid dienone is 1. The molecule has 1 aliphatic rings. The average molecular weight is 352 g/mol. The number of nitrogens with zero attached hydrogens (tertiary/aromatic N) is 3. The number of pyridine rings is 1. The molecule has 1 aliphatic heterocycles. The Morgan fingerprint density at radius 1 is 1.24 bits per heavy atom. The van der Waals surface area contributed by atoms with Gasteiger partial charge in [0.2, 0.25) is 0 Å². The zero-order chi connectivity index (χ0) is 17.4. The number of likely N-dealkylation sites (N-methyl/N-ethyl adjacent to an activating group) is 1. The minimum absolute atomic E-state index is 0.800. The van der Waals surface area contributed by atoms with Crippen LogP contribution >= 0.6 is 11.6 Å². The van der Waals surface area contributed by atoms with E-state index in [1.807, 2.05) is 18.5 Å². The SMILES string of the molecule is CCC(=Cn1c2c(c3cc(Cl)ccc31)CN(C)CC2)c1ccncc1. The smallest absolute Gasteiger partial charge is 0.0529 e. The Kier molecular flexibility index (Phi) is 4.36. The molecule has 25 heavy (non-hydrogen) atoms. The van der Waals surface area contributed by atoms with Crippen molar-refractivity contribution in [3.05, 3.63) is 64.6 Å². The minimum Gasteiger partial charge on any atom is -0.320 e. The maximum absolute atomic E-state index is 6.29. The summed E-state index contributed by atoms with van der Waals surface area (Å²) in [7, 11) is 2.18. The van der Waals surface area contributed by atoms with Crippen LogP contribution in [0.1, 0.15) is 30.2 Å². The van der Waals surface area contributed by atoms with Crippen LogP contribution in [0.3, 0.4) is 0 Å². The molecule has 0 N–H and O–H groups in total. The van der Waals surface area contributed by atoms with E-state index in [9.17, 15) is 0 Å². The molecular formula is C21H22ClN3. The summed E-state index contributed by atoms with van der Waals surface area (Å²) < 4.78 is 2.38. The van der Waals surface area contributed by atoms with Crippen molar-refractivity contribution in [1.82, 2.24) is 14.5 Å². The van der Waals surface area contributed by atoms with Crippen molar-refractivity contribution in [2.75, 3.05) is 13.6 Å². The first-order valence-electron chi connectivity index (χ1n) is 8.78. The summed E-state index contributed by atoms with van der Waals surface area (Å²) in [6.45, 7) is 4.26. The van der Waals surface area contributed by atoms with Gasteiger partial charge in [-0.25, -0.2) is 0 Å². The van der Waals surface area contributed by atoms with E-state index in [0.29, 0.717) is 0 Å². The van der Waals surface area contributed by atoms with Gasteiger partial charge in [0.1, 0.15) is 0 Å². The molecule has 0 unspecified atom stereocenters. The van der Waals surface area contributed by atoms with Crippen molar-refractivity contribution in [3.8, 4) is 0 Å². The Hall–Kier alpha value is -2.10. The molecule has 2 aromatic heterocycles. The first-order valence-corrected chi connectivity index (χ1v) is 9.16. The van der Waals surface area contributed by atoms with Crippen LogP contribution in [0, 0.1) is 0 Å². The summed E-state index contributed by atoms with van der Waals surface area (Å²) >= 11 is 6.29. The summed E-state index contributed by atoms with van der Waals surface area (Å²) in [5, 5.41) is 2.07. The third kappa shape index (κ3) is 2.99. The van der Waals surface area contributed by atoms with Gasteiger partial charge in [-0.2, -0.15) is 0 Å². The highest BCUT2D eigenvalue weighted by Gasteiger charge is 2.22. The van der Waals surface area contributed by atoms with Crippen LogP contribution in [-0.4, -0.2) is 28.0 Å². The van der Waals surface area contributed by atoms with Gasteiger partial charge < -0.3 is 9.47 Å². The molecule has 0 amide bonds. The summed E-state index contributed by atoms with van der Waals surface area (Å²) in [5.74, 6) is 0. The fourth-order valence-electron chi connectivity index (χ4n) is 3.74. The number of benzene rings is 1. The van der Waals surface area contributed by atoms with Gasteiger partial charge in [0.15, 0.2) is 0 Å². The second kappa shape index (κ2) is 6.66. The van der Waals surface area contributed by atoms with E-state index in [0.717, 1.165) is 31.0 Å². The molecule has 3 aromatic rings. The van der Waals surface area contributed by atoms with Gasteiger partial charge >= 0.3 is 0 Å². The number of fused-ring (bicyclic) bond motifs is 3. The van der Waals surface area contributed by atoms with Gasteiger partial charge in [0, 0.05) is 54.2 Å². The first-order chi connectivity index (χ1) is 12.2. The lowest BCUT2D eigenvalue weighted by Crippen LogP contribution is -2.26. The maximum Gasteiger partial charge on any atom is 0.0529 e. The van der Waals surface area contributed by atoms with E-state index in [-0.39, 0.29) is 0 Å². The monoisotopic (exact) mass is 351 g/mol. The standard InChI is InChI=1S/C21H22ClN3/c1-3-15(16-6-9-23-10-7-16)13-25-20-5-4-17(22)12-18(20)19-14-24(2)11-8-21(19)25/h4-7,9-10,12-13H,3,8,11,14H2,1-2H3. The van der Waals surface area contributed by atoms with Gasteiger partial charge in [-0.15, -0.1) is 0 Å². The van der Waals surface area contributed by atoms with Crippen LogP contribution in [-0.2, 0) is 13.0 Å². The second-order valence-electron chi connectivity index (χ2n) is 6.69. The second-order valence-corrected chi connectivity index (χ2v) is 7.12. The molecule has 128 valence electrons. The van der Waals surface area contributed by atoms with Gasteiger partial charge in [0.25, 0.3) is 0 Å². The zero-order valence-corrected chi connectivity index (χ0v) is 15.4. The Morgan fingerprint density at radius 3 is 2.80 bits per heavy atom. The highest BCUT2D eigenvalue weighted by atomic mass is 35.5. The molecule has 0 radical (unpaired) electrons. The highest BCUT2D eigenvalue weighted by Crippen LogP contribution is 2.34. The Balaban J connectivity index is 1.94. The van der Waals surface area contributed by atoms with Crippen LogP contribution in [0.2, 0.25) is 5.02 Å². The van der Waals surface area contributed by atoms with Crippen molar-refractivity contribution >= 4 is 34.3 Å². The molecule has 0 aliphatic carbocycles. The lowest BCUT2D eigenvalue weighted by atomic mass is 10.0. The third-order valence-electron chi connectivity index (χ3n) is 5.06. The molecule has 1 aromatic carbocycles. The minimum atomic E-state index is 0.800. The summed E-state index contributed by atoms with van der Waals surface area (Å²) in [4.78, 5) is 6.52.